The third-order valence-corrected chi connectivity index (χ3v) is 7.76. The molecule has 182 valence electrons. The largest absolute Gasteiger partial charge is 0.511 e. The fourth-order valence-corrected chi connectivity index (χ4v) is 5.38. The molecular weight excluding hydrogens is 465 g/mol. The Morgan fingerprint density at radius 3 is 2.47 bits per heavy atom. The van der Waals surface area contributed by atoms with E-state index in [4.69, 9.17) is 0 Å². The zero-order valence-electron chi connectivity index (χ0n) is 19.0. The first-order valence-corrected chi connectivity index (χ1v) is 12.4. The van der Waals surface area contributed by atoms with E-state index in [1.54, 1.807) is 19.3 Å². The van der Waals surface area contributed by atoms with Gasteiger partial charge in [-0.1, -0.05) is 42.5 Å². The van der Waals surface area contributed by atoms with Crippen molar-refractivity contribution < 1.29 is 21.6 Å². The highest BCUT2D eigenvalue weighted by Gasteiger charge is 2.51. The van der Waals surface area contributed by atoms with Crippen molar-refractivity contribution >= 4 is 15.7 Å². The smallest absolute Gasteiger partial charge is 0.361 e. The number of anilines is 1. The standard InChI is InChI=1S/C24H27F3N4O2S/c1-18-7-6-10-23-22(18)16-30(34(32,33)24(25,26)27)15-21(12-11-19-8-4-3-5-9-19)31(23)14-20-13-29(2)17-28-20/h3-10,13,17,21H,11-12,14-16H2,1-2H3/t21-/m1/s1. The summed E-state index contributed by atoms with van der Waals surface area (Å²) in [6, 6.07) is 14.7. The second-order valence-corrected chi connectivity index (χ2v) is 10.6. The van der Waals surface area contributed by atoms with Crippen molar-refractivity contribution in [3.8, 4) is 0 Å². The van der Waals surface area contributed by atoms with Crippen LogP contribution in [-0.2, 0) is 36.6 Å². The summed E-state index contributed by atoms with van der Waals surface area (Å²) >= 11 is 0. The van der Waals surface area contributed by atoms with Gasteiger partial charge in [0, 0.05) is 38.1 Å². The second-order valence-electron chi connectivity index (χ2n) is 8.65. The maximum atomic E-state index is 13.6. The Labute approximate surface area is 197 Å². The number of hydrogen-bond donors (Lipinski definition) is 0. The number of sulfonamides is 1. The van der Waals surface area contributed by atoms with E-state index in [1.165, 1.54) is 0 Å². The Morgan fingerprint density at radius 2 is 1.82 bits per heavy atom. The number of nitrogens with zero attached hydrogens (tertiary/aromatic N) is 4. The number of imidazole rings is 1. The van der Waals surface area contributed by atoms with Crippen molar-refractivity contribution in [1.29, 1.82) is 0 Å². The lowest BCUT2D eigenvalue weighted by atomic mass is 10.0. The van der Waals surface area contributed by atoms with E-state index in [2.05, 4.69) is 4.98 Å². The van der Waals surface area contributed by atoms with Gasteiger partial charge in [0.25, 0.3) is 0 Å². The van der Waals surface area contributed by atoms with E-state index in [0.29, 0.717) is 29.3 Å². The van der Waals surface area contributed by atoms with Crippen LogP contribution < -0.4 is 4.90 Å². The van der Waals surface area contributed by atoms with Crippen LogP contribution in [0.25, 0.3) is 0 Å². The van der Waals surface area contributed by atoms with E-state index in [-0.39, 0.29) is 13.1 Å². The highest BCUT2D eigenvalue weighted by molar-refractivity contribution is 7.89. The normalized spacial score (nSPS) is 17.4. The Kier molecular flexibility index (Phi) is 6.73. The van der Waals surface area contributed by atoms with E-state index in [0.717, 1.165) is 22.5 Å². The second kappa shape index (κ2) is 9.42. The van der Waals surface area contributed by atoms with Crippen molar-refractivity contribution in [2.75, 3.05) is 11.4 Å². The quantitative estimate of drug-likeness (QED) is 0.512. The minimum atomic E-state index is -5.50. The van der Waals surface area contributed by atoms with Crippen molar-refractivity contribution in [3.05, 3.63) is 83.4 Å². The van der Waals surface area contributed by atoms with Crippen LogP contribution in [-0.4, -0.2) is 40.4 Å². The van der Waals surface area contributed by atoms with Gasteiger partial charge in [0.2, 0.25) is 0 Å². The number of aryl methyl sites for hydroxylation is 3. The first-order valence-electron chi connectivity index (χ1n) is 11.0. The minimum Gasteiger partial charge on any atom is -0.361 e. The van der Waals surface area contributed by atoms with Crippen LogP contribution >= 0.6 is 0 Å². The molecule has 0 spiro atoms. The summed E-state index contributed by atoms with van der Waals surface area (Å²) in [6.07, 6.45) is 4.61. The molecule has 1 atom stereocenters. The summed E-state index contributed by atoms with van der Waals surface area (Å²) in [5.74, 6) is 0. The van der Waals surface area contributed by atoms with Gasteiger partial charge in [-0.2, -0.15) is 17.5 Å². The predicted molar refractivity (Wildman–Crippen MR) is 125 cm³/mol. The zero-order chi connectivity index (χ0) is 24.5. The van der Waals surface area contributed by atoms with E-state index < -0.39 is 21.6 Å². The van der Waals surface area contributed by atoms with E-state index in [9.17, 15) is 21.6 Å². The van der Waals surface area contributed by atoms with Crippen molar-refractivity contribution in [3.63, 3.8) is 0 Å². The van der Waals surface area contributed by atoms with E-state index in [1.807, 2.05) is 65.2 Å². The highest BCUT2D eigenvalue weighted by Crippen LogP contribution is 2.37. The average Bonchev–Trinajstić information content (AvgIpc) is 3.12. The molecule has 0 unspecified atom stereocenters. The van der Waals surface area contributed by atoms with Crippen LogP contribution in [0.5, 0.6) is 0 Å². The van der Waals surface area contributed by atoms with Gasteiger partial charge in [-0.15, -0.1) is 0 Å². The minimum absolute atomic E-state index is 0.268. The van der Waals surface area contributed by atoms with Gasteiger partial charge in [0.15, 0.2) is 0 Å². The topological polar surface area (TPSA) is 58.4 Å². The van der Waals surface area contributed by atoms with Crippen LogP contribution in [0.1, 0.15) is 28.8 Å². The average molecular weight is 493 g/mol. The number of rotatable bonds is 6. The van der Waals surface area contributed by atoms with Gasteiger partial charge in [-0.3, -0.25) is 0 Å². The van der Waals surface area contributed by atoms with Gasteiger partial charge in [-0.05, 0) is 42.5 Å². The Balaban J connectivity index is 1.78. The first kappa shape index (κ1) is 24.3. The van der Waals surface area contributed by atoms with Gasteiger partial charge in [0.1, 0.15) is 0 Å². The lowest BCUT2D eigenvalue weighted by Crippen LogP contribution is -2.47. The van der Waals surface area contributed by atoms with Crippen molar-refractivity contribution in [2.24, 2.45) is 7.05 Å². The Hall–Kier alpha value is -2.85. The van der Waals surface area contributed by atoms with Crippen LogP contribution in [0.2, 0.25) is 0 Å². The number of hydrogen-bond acceptors (Lipinski definition) is 4. The summed E-state index contributed by atoms with van der Waals surface area (Å²) in [5.41, 5.74) is -1.51. The molecule has 0 N–H and O–H groups in total. The molecule has 3 aromatic rings. The molecule has 0 fully saturated rings. The molecule has 10 heteroatoms. The number of alkyl halides is 3. The SMILES string of the molecule is Cc1cccc2c1CN(S(=O)(=O)C(F)(F)F)C[C@@H](CCc1ccccc1)N2Cc1cn(C)cn1. The van der Waals surface area contributed by atoms with E-state index >= 15 is 0 Å². The van der Waals surface area contributed by atoms with Crippen LogP contribution in [0.4, 0.5) is 18.9 Å². The van der Waals surface area contributed by atoms with Gasteiger partial charge in [0.05, 0.1) is 18.6 Å². The molecule has 0 amide bonds. The molecule has 1 aliphatic heterocycles. The van der Waals surface area contributed by atoms with Crippen molar-refractivity contribution in [1.82, 2.24) is 13.9 Å². The molecule has 6 nitrogen and oxygen atoms in total. The fraction of sp³-hybridized carbons (Fsp3) is 0.375. The lowest BCUT2D eigenvalue weighted by Gasteiger charge is -2.34. The molecule has 0 radical (unpaired) electrons. The summed E-state index contributed by atoms with van der Waals surface area (Å²) in [7, 11) is -3.65. The number of halogens is 3. The van der Waals surface area contributed by atoms with Gasteiger partial charge < -0.3 is 9.47 Å². The summed E-state index contributed by atoms with van der Waals surface area (Å²) in [4.78, 5) is 6.42. The monoisotopic (exact) mass is 492 g/mol. The van der Waals surface area contributed by atoms with Crippen LogP contribution in [0.3, 0.4) is 0 Å². The Bertz CT molecular complexity index is 1240. The zero-order valence-corrected chi connectivity index (χ0v) is 19.9. The third kappa shape index (κ3) is 4.97. The molecule has 2 heterocycles. The van der Waals surface area contributed by atoms with Crippen LogP contribution in [0.15, 0.2) is 61.1 Å². The maximum absolute atomic E-state index is 13.6. The lowest BCUT2D eigenvalue weighted by molar-refractivity contribution is -0.0492. The van der Waals surface area contributed by atoms with Crippen LogP contribution in [0, 0.1) is 6.92 Å². The molecule has 0 bridgehead atoms. The van der Waals surface area contributed by atoms with Gasteiger partial charge >= 0.3 is 15.5 Å². The molecule has 1 aliphatic rings. The predicted octanol–water partition coefficient (Wildman–Crippen LogP) is 4.40. The summed E-state index contributed by atoms with van der Waals surface area (Å²) in [6.45, 7) is 1.55. The molecule has 2 aromatic carbocycles. The number of fused-ring (bicyclic) bond motifs is 1. The molecule has 1 aromatic heterocycles. The van der Waals surface area contributed by atoms with Crippen molar-refractivity contribution in [2.45, 2.75) is 44.4 Å². The number of aromatic nitrogens is 2. The molecule has 0 aliphatic carbocycles. The molecule has 0 saturated carbocycles. The Morgan fingerprint density at radius 1 is 1.09 bits per heavy atom. The summed E-state index contributed by atoms with van der Waals surface area (Å²) < 4.78 is 68.3. The summed E-state index contributed by atoms with van der Waals surface area (Å²) in [5, 5.41) is 0. The molecule has 4 rings (SSSR count). The third-order valence-electron chi connectivity index (χ3n) is 6.22. The first-order chi connectivity index (χ1) is 16.1. The molecule has 0 saturated heterocycles. The molecule has 34 heavy (non-hydrogen) atoms. The van der Waals surface area contributed by atoms with Gasteiger partial charge in [-0.25, -0.2) is 13.4 Å². The number of benzene rings is 2. The highest BCUT2D eigenvalue weighted by atomic mass is 32.2. The fourth-order valence-electron chi connectivity index (χ4n) is 4.42. The molecular formula is C24H27F3N4O2S. The maximum Gasteiger partial charge on any atom is 0.511 e.